The molecule has 0 aromatic heterocycles. The lowest BCUT2D eigenvalue weighted by Gasteiger charge is -2.02. The molecule has 0 atom stereocenters. The minimum atomic E-state index is -0.292. The third-order valence-electron chi connectivity index (χ3n) is 3.13. The second kappa shape index (κ2) is 6.17. The van der Waals surface area contributed by atoms with Crippen LogP contribution in [0.15, 0.2) is 47.6 Å². The number of carbonyl (C=O) groups excluding carboxylic acids is 1. The maximum atomic E-state index is 11.9. The van der Waals surface area contributed by atoms with E-state index in [1.54, 1.807) is 49.7 Å². The van der Waals surface area contributed by atoms with Crippen molar-refractivity contribution in [2.45, 2.75) is 0 Å². The van der Waals surface area contributed by atoms with Crippen LogP contribution in [-0.2, 0) is 0 Å². The van der Waals surface area contributed by atoms with Gasteiger partial charge in [-0.1, -0.05) is 0 Å². The molecular formula is C16H14N2O4. The summed E-state index contributed by atoms with van der Waals surface area (Å²) in [5, 5.41) is 3.93. The Kier molecular flexibility index (Phi) is 3.91. The second-order valence-electron chi connectivity index (χ2n) is 4.54. The van der Waals surface area contributed by atoms with Crippen molar-refractivity contribution in [3.63, 3.8) is 0 Å². The molecule has 1 N–H and O–H groups in total. The van der Waals surface area contributed by atoms with Gasteiger partial charge < -0.3 is 14.2 Å². The Bertz CT molecular complexity index is 711. The molecule has 0 radical (unpaired) electrons. The summed E-state index contributed by atoms with van der Waals surface area (Å²) in [6.07, 6.45) is 1.55. The Morgan fingerprint density at radius 1 is 1.18 bits per heavy atom. The number of benzene rings is 2. The van der Waals surface area contributed by atoms with Gasteiger partial charge in [0.15, 0.2) is 11.5 Å². The summed E-state index contributed by atoms with van der Waals surface area (Å²) in [4.78, 5) is 11.9. The first-order chi connectivity index (χ1) is 10.8. The van der Waals surface area contributed by atoms with Crippen molar-refractivity contribution in [1.29, 1.82) is 0 Å². The quantitative estimate of drug-likeness (QED) is 0.694. The van der Waals surface area contributed by atoms with Crippen LogP contribution in [0.1, 0.15) is 15.9 Å². The summed E-state index contributed by atoms with van der Waals surface area (Å²) in [6, 6.07) is 12.2. The van der Waals surface area contributed by atoms with Crippen LogP contribution in [0.3, 0.4) is 0 Å². The second-order valence-corrected chi connectivity index (χ2v) is 4.54. The lowest BCUT2D eigenvalue weighted by Crippen LogP contribution is -2.17. The van der Waals surface area contributed by atoms with Crippen molar-refractivity contribution in [3.05, 3.63) is 53.6 Å². The van der Waals surface area contributed by atoms with Gasteiger partial charge in [-0.15, -0.1) is 0 Å². The van der Waals surface area contributed by atoms with Crippen LogP contribution in [0.2, 0.25) is 0 Å². The third-order valence-corrected chi connectivity index (χ3v) is 3.13. The largest absolute Gasteiger partial charge is 0.497 e. The number of hydrogen-bond acceptors (Lipinski definition) is 5. The summed E-state index contributed by atoms with van der Waals surface area (Å²) in [6.45, 7) is 0.226. The molecule has 1 aliphatic rings. The summed E-state index contributed by atoms with van der Waals surface area (Å²) in [5.74, 6) is 1.78. The van der Waals surface area contributed by atoms with Gasteiger partial charge in [0.05, 0.1) is 13.3 Å². The van der Waals surface area contributed by atoms with E-state index in [9.17, 15) is 4.79 Å². The molecule has 112 valence electrons. The Balaban J connectivity index is 1.62. The number of carbonyl (C=O) groups is 1. The fourth-order valence-corrected chi connectivity index (χ4v) is 1.97. The molecule has 2 aromatic rings. The highest BCUT2D eigenvalue weighted by Gasteiger charge is 2.12. The maximum absolute atomic E-state index is 11.9. The van der Waals surface area contributed by atoms with Crippen molar-refractivity contribution in [2.75, 3.05) is 13.9 Å². The zero-order chi connectivity index (χ0) is 15.4. The standard InChI is InChI=1S/C16H14N2O4/c1-20-13-5-3-12(4-6-13)16(19)18-17-9-11-2-7-14-15(8-11)22-10-21-14/h2-9H,10H2,1H3,(H,18,19)/b17-9+. The number of rotatable bonds is 4. The maximum Gasteiger partial charge on any atom is 0.271 e. The summed E-state index contributed by atoms with van der Waals surface area (Å²) in [7, 11) is 1.57. The number of fused-ring (bicyclic) bond motifs is 1. The summed E-state index contributed by atoms with van der Waals surface area (Å²) < 4.78 is 15.5. The van der Waals surface area contributed by atoms with E-state index in [4.69, 9.17) is 14.2 Å². The SMILES string of the molecule is COc1ccc(C(=O)N/N=C/c2ccc3c(c2)OCO3)cc1. The number of hydrazone groups is 1. The van der Waals surface area contributed by atoms with E-state index in [1.807, 2.05) is 6.07 Å². The van der Waals surface area contributed by atoms with Crippen LogP contribution in [0, 0.1) is 0 Å². The molecule has 0 aliphatic carbocycles. The molecule has 0 saturated heterocycles. The molecular weight excluding hydrogens is 284 g/mol. The number of nitrogens with zero attached hydrogens (tertiary/aromatic N) is 1. The van der Waals surface area contributed by atoms with Crippen LogP contribution >= 0.6 is 0 Å². The van der Waals surface area contributed by atoms with E-state index in [0.717, 1.165) is 5.56 Å². The minimum absolute atomic E-state index is 0.226. The molecule has 0 unspecified atom stereocenters. The summed E-state index contributed by atoms with van der Waals surface area (Å²) >= 11 is 0. The summed E-state index contributed by atoms with van der Waals surface area (Å²) in [5.41, 5.74) is 3.78. The van der Waals surface area contributed by atoms with Gasteiger partial charge in [0.25, 0.3) is 5.91 Å². The molecule has 1 aliphatic heterocycles. The van der Waals surface area contributed by atoms with Gasteiger partial charge in [-0.2, -0.15) is 5.10 Å². The number of ether oxygens (including phenoxy) is 3. The van der Waals surface area contributed by atoms with Crippen molar-refractivity contribution in [3.8, 4) is 17.2 Å². The average molecular weight is 298 g/mol. The Hall–Kier alpha value is -3.02. The highest BCUT2D eigenvalue weighted by Crippen LogP contribution is 2.31. The predicted molar refractivity (Wildman–Crippen MR) is 80.6 cm³/mol. The first-order valence-electron chi connectivity index (χ1n) is 6.63. The van der Waals surface area contributed by atoms with Gasteiger partial charge in [-0.25, -0.2) is 5.43 Å². The monoisotopic (exact) mass is 298 g/mol. The van der Waals surface area contributed by atoms with Gasteiger partial charge in [-0.3, -0.25) is 4.79 Å². The van der Waals surface area contributed by atoms with Crippen LogP contribution in [0.5, 0.6) is 17.2 Å². The zero-order valence-corrected chi connectivity index (χ0v) is 11.9. The van der Waals surface area contributed by atoms with Crippen molar-refractivity contribution < 1.29 is 19.0 Å². The van der Waals surface area contributed by atoms with Crippen LogP contribution in [0.25, 0.3) is 0 Å². The van der Waals surface area contributed by atoms with E-state index in [2.05, 4.69) is 10.5 Å². The molecule has 0 fully saturated rings. The van der Waals surface area contributed by atoms with E-state index in [-0.39, 0.29) is 12.7 Å². The molecule has 0 bridgehead atoms. The molecule has 6 heteroatoms. The average Bonchev–Trinajstić information content (AvgIpc) is 3.02. The van der Waals surface area contributed by atoms with Gasteiger partial charge in [0, 0.05) is 5.56 Å². The van der Waals surface area contributed by atoms with E-state index in [0.29, 0.717) is 22.8 Å². The Morgan fingerprint density at radius 3 is 2.73 bits per heavy atom. The Morgan fingerprint density at radius 2 is 1.95 bits per heavy atom. The van der Waals surface area contributed by atoms with Gasteiger partial charge in [0.2, 0.25) is 6.79 Å². The number of hydrogen-bond donors (Lipinski definition) is 1. The van der Waals surface area contributed by atoms with Gasteiger partial charge >= 0.3 is 0 Å². The van der Waals surface area contributed by atoms with Crippen LogP contribution < -0.4 is 19.6 Å². The normalized spacial score (nSPS) is 12.4. The minimum Gasteiger partial charge on any atom is -0.497 e. The molecule has 22 heavy (non-hydrogen) atoms. The highest BCUT2D eigenvalue weighted by molar-refractivity contribution is 5.95. The lowest BCUT2D eigenvalue weighted by molar-refractivity contribution is 0.0955. The van der Waals surface area contributed by atoms with Crippen molar-refractivity contribution >= 4 is 12.1 Å². The first-order valence-corrected chi connectivity index (χ1v) is 6.63. The number of amides is 1. The van der Waals surface area contributed by atoms with Crippen molar-refractivity contribution in [1.82, 2.24) is 5.43 Å². The molecule has 1 heterocycles. The fourth-order valence-electron chi connectivity index (χ4n) is 1.97. The smallest absolute Gasteiger partial charge is 0.271 e. The van der Waals surface area contributed by atoms with Crippen molar-refractivity contribution in [2.24, 2.45) is 5.10 Å². The van der Waals surface area contributed by atoms with Gasteiger partial charge in [0.1, 0.15) is 5.75 Å². The molecule has 0 spiro atoms. The number of nitrogens with one attached hydrogen (secondary N) is 1. The van der Waals surface area contributed by atoms with Crippen LogP contribution in [0.4, 0.5) is 0 Å². The van der Waals surface area contributed by atoms with E-state index in [1.165, 1.54) is 0 Å². The fraction of sp³-hybridized carbons (Fsp3) is 0.125. The molecule has 0 saturated carbocycles. The lowest BCUT2D eigenvalue weighted by atomic mass is 10.2. The number of methoxy groups -OCH3 is 1. The topological polar surface area (TPSA) is 69.2 Å². The van der Waals surface area contributed by atoms with Gasteiger partial charge in [-0.05, 0) is 48.0 Å². The molecule has 6 nitrogen and oxygen atoms in total. The van der Waals surface area contributed by atoms with E-state index >= 15 is 0 Å². The molecule has 1 amide bonds. The highest BCUT2D eigenvalue weighted by atomic mass is 16.7. The first kappa shape index (κ1) is 13.9. The van der Waals surface area contributed by atoms with E-state index < -0.39 is 0 Å². The van der Waals surface area contributed by atoms with Crippen LogP contribution in [-0.4, -0.2) is 26.0 Å². The third kappa shape index (κ3) is 3.01. The predicted octanol–water partition coefficient (Wildman–Crippen LogP) is 2.19. The zero-order valence-electron chi connectivity index (χ0n) is 11.9. The molecule has 2 aromatic carbocycles. The Labute approximate surface area is 127 Å². The molecule has 3 rings (SSSR count).